The van der Waals surface area contributed by atoms with E-state index in [9.17, 15) is 17.6 Å². The van der Waals surface area contributed by atoms with Gasteiger partial charge in [0.25, 0.3) is 0 Å². The van der Waals surface area contributed by atoms with Crippen LogP contribution in [-0.4, -0.2) is 41.2 Å². The molecule has 0 saturated heterocycles. The molecule has 0 N–H and O–H groups in total. The predicted octanol–water partition coefficient (Wildman–Crippen LogP) is 3.57. The topological polar surface area (TPSA) is 62.6 Å². The second-order valence-electron chi connectivity index (χ2n) is 7.39. The molecule has 1 aromatic heterocycles. The van der Waals surface area contributed by atoms with E-state index in [-0.39, 0.29) is 23.9 Å². The number of halogens is 1. The van der Waals surface area contributed by atoms with Crippen LogP contribution < -0.4 is 0 Å². The van der Waals surface area contributed by atoms with E-state index in [4.69, 9.17) is 0 Å². The summed E-state index contributed by atoms with van der Waals surface area (Å²) in [5, 5.41) is 0. The van der Waals surface area contributed by atoms with E-state index in [1.807, 2.05) is 60.3 Å². The number of sulfonamides is 1. The molecule has 0 spiro atoms. The fourth-order valence-corrected chi connectivity index (χ4v) is 4.65. The maximum atomic E-state index is 13.3. The molecule has 0 atom stereocenters. The number of nitrogens with zero attached hydrogens (tertiary/aromatic N) is 3. The third-order valence-electron chi connectivity index (χ3n) is 5.07. The van der Waals surface area contributed by atoms with E-state index in [0.29, 0.717) is 13.1 Å². The van der Waals surface area contributed by atoms with Gasteiger partial charge in [-0.25, -0.2) is 12.8 Å². The Balaban J connectivity index is 1.86. The molecule has 2 aromatic carbocycles. The van der Waals surface area contributed by atoms with Gasteiger partial charge in [-0.3, -0.25) is 4.79 Å². The first-order valence-corrected chi connectivity index (χ1v) is 11.5. The van der Waals surface area contributed by atoms with Crippen LogP contribution in [0.15, 0.2) is 90.5 Å². The number of hydrogen-bond acceptors (Lipinski definition) is 3. The van der Waals surface area contributed by atoms with Gasteiger partial charge in [-0.15, -0.1) is 6.58 Å². The van der Waals surface area contributed by atoms with Crippen molar-refractivity contribution in [2.75, 3.05) is 13.1 Å². The third-order valence-corrected chi connectivity index (χ3v) is 6.89. The Morgan fingerprint density at radius 2 is 1.72 bits per heavy atom. The fourth-order valence-electron chi connectivity index (χ4n) is 3.29. The number of rotatable bonds is 10. The molecule has 1 amide bonds. The molecule has 1 heterocycles. The molecule has 32 heavy (non-hydrogen) atoms. The van der Waals surface area contributed by atoms with Gasteiger partial charge in [-0.2, -0.15) is 4.31 Å². The standard InChI is InChI=1S/C24H26FN3O3S/c1-3-15-28(32(30,31)23-13-11-21(25)12-14-23)19-24(29)27(17-20-8-5-4-6-9-20)18-22-10-7-16-26(22)2/h3-14,16H,1,15,17-19H2,2H3. The van der Waals surface area contributed by atoms with Gasteiger partial charge >= 0.3 is 0 Å². The number of carbonyl (C=O) groups excluding carboxylic acids is 1. The average Bonchev–Trinajstić information content (AvgIpc) is 3.18. The van der Waals surface area contributed by atoms with E-state index in [0.717, 1.165) is 27.7 Å². The largest absolute Gasteiger partial charge is 0.353 e. The molecule has 0 fully saturated rings. The van der Waals surface area contributed by atoms with Crippen LogP contribution >= 0.6 is 0 Å². The molecule has 0 bridgehead atoms. The first-order chi connectivity index (χ1) is 15.3. The second kappa shape index (κ2) is 10.4. The molecular weight excluding hydrogens is 429 g/mol. The molecule has 0 unspecified atom stereocenters. The summed E-state index contributed by atoms with van der Waals surface area (Å²) in [7, 11) is -2.12. The number of aromatic nitrogens is 1. The van der Waals surface area contributed by atoms with Gasteiger partial charge in [0.2, 0.25) is 15.9 Å². The summed E-state index contributed by atoms with van der Waals surface area (Å²) in [6.45, 7) is 3.88. The highest BCUT2D eigenvalue weighted by Crippen LogP contribution is 2.18. The van der Waals surface area contributed by atoms with E-state index in [1.54, 1.807) is 4.90 Å². The molecular formula is C24H26FN3O3S. The summed E-state index contributed by atoms with van der Waals surface area (Å²) in [6.07, 6.45) is 3.32. The minimum absolute atomic E-state index is 0.0468. The predicted molar refractivity (Wildman–Crippen MR) is 121 cm³/mol. The van der Waals surface area contributed by atoms with Crippen LogP contribution in [0.3, 0.4) is 0 Å². The maximum absolute atomic E-state index is 13.3. The zero-order valence-electron chi connectivity index (χ0n) is 17.9. The van der Waals surface area contributed by atoms with Crippen molar-refractivity contribution in [1.82, 2.24) is 13.8 Å². The fraction of sp³-hybridized carbons (Fsp3) is 0.208. The van der Waals surface area contributed by atoms with Gasteiger partial charge in [0.1, 0.15) is 5.82 Å². The van der Waals surface area contributed by atoms with Crippen molar-refractivity contribution in [3.8, 4) is 0 Å². The van der Waals surface area contributed by atoms with E-state index in [1.165, 1.54) is 18.2 Å². The highest BCUT2D eigenvalue weighted by molar-refractivity contribution is 7.89. The lowest BCUT2D eigenvalue weighted by molar-refractivity contribution is -0.132. The van der Waals surface area contributed by atoms with Gasteiger partial charge in [0.05, 0.1) is 18.0 Å². The highest BCUT2D eigenvalue weighted by atomic mass is 32.2. The lowest BCUT2D eigenvalue weighted by atomic mass is 10.2. The molecule has 0 radical (unpaired) electrons. The Morgan fingerprint density at radius 1 is 1.03 bits per heavy atom. The monoisotopic (exact) mass is 455 g/mol. The van der Waals surface area contributed by atoms with Crippen molar-refractivity contribution < 1.29 is 17.6 Å². The van der Waals surface area contributed by atoms with Gasteiger partial charge in [0, 0.05) is 32.0 Å². The zero-order chi connectivity index (χ0) is 23.1. The molecule has 0 aliphatic rings. The van der Waals surface area contributed by atoms with Crippen LogP contribution in [0.1, 0.15) is 11.3 Å². The maximum Gasteiger partial charge on any atom is 0.243 e. The third kappa shape index (κ3) is 5.72. The van der Waals surface area contributed by atoms with Crippen molar-refractivity contribution in [3.05, 3.63) is 103 Å². The summed E-state index contributed by atoms with van der Waals surface area (Å²) < 4.78 is 42.4. The Labute approximate surface area is 188 Å². The van der Waals surface area contributed by atoms with Crippen LogP contribution in [0.2, 0.25) is 0 Å². The van der Waals surface area contributed by atoms with Crippen molar-refractivity contribution in [3.63, 3.8) is 0 Å². The Hall–Kier alpha value is -3.23. The number of amides is 1. The molecule has 0 saturated carbocycles. The van der Waals surface area contributed by atoms with Crippen molar-refractivity contribution in [1.29, 1.82) is 0 Å². The number of benzene rings is 2. The van der Waals surface area contributed by atoms with E-state index < -0.39 is 15.8 Å². The van der Waals surface area contributed by atoms with Crippen LogP contribution in [0.25, 0.3) is 0 Å². The summed E-state index contributed by atoms with van der Waals surface area (Å²) in [4.78, 5) is 14.9. The quantitative estimate of drug-likeness (QED) is 0.439. The Morgan fingerprint density at radius 3 is 2.31 bits per heavy atom. The lowest BCUT2D eigenvalue weighted by Gasteiger charge is -2.27. The second-order valence-corrected chi connectivity index (χ2v) is 9.32. The smallest absolute Gasteiger partial charge is 0.243 e. The molecule has 6 nitrogen and oxygen atoms in total. The summed E-state index contributed by atoms with van der Waals surface area (Å²) in [6, 6.07) is 17.9. The summed E-state index contributed by atoms with van der Waals surface area (Å²) >= 11 is 0. The summed E-state index contributed by atoms with van der Waals surface area (Å²) in [5.41, 5.74) is 1.86. The molecule has 0 aliphatic heterocycles. The van der Waals surface area contributed by atoms with Crippen LogP contribution in [0.5, 0.6) is 0 Å². The SMILES string of the molecule is C=CCN(CC(=O)N(Cc1ccccc1)Cc1cccn1C)S(=O)(=O)c1ccc(F)cc1. The molecule has 3 aromatic rings. The first-order valence-electron chi connectivity index (χ1n) is 10.1. The zero-order valence-corrected chi connectivity index (χ0v) is 18.7. The van der Waals surface area contributed by atoms with Crippen molar-refractivity contribution in [2.24, 2.45) is 7.05 Å². The normalized spacial score (nSPS) is 11.5. The van der Waals surface area contributed by atoms with Gasteiger partial charge in [-0.05, 0) is 42.0 Å². The van der Waals surface area contributed by atoms with Crippen LogP contribution in [0, 0.1) is 5.82 Å². The van der Waals surface area contributed by atoms with E-state index in [2.05, 4.69) is 6.58 Å². The molecule has 8 heteroatoms. The van der Waals surface area contributed by atoms with Crippen LogP contribution in [0.4, 0.5) is 4.39 Å². The lowest BCUT2D eigenvalue weighted by Crippen LogP contribution is -2.42. The number of carbonyl (C=O) groups is 1. The van der Waals surface area contributed by atoms with Crippen molar-refractivity contribution >= 4 is 15.9 Å². The Kier molecular flexibility index (Phi) is 7.61. The minimum atomic E-state index is -4.01. The molecule has 3 rings (SSSR count). The number of hydrogen-bond donors (Lipinski definition) is 0. The molecule has 168 valence electrons. The van der Waals surface area contributed by atoms with E-state index >= 15 is 0 Å². The Bertz CT molecular complexity index is 1160. The van der Waals surface area contributed by atoms with Crippen molar-refractivity contribution in [2.45, 2.75) is 18.0 Å². The summed E-state index contributed by atoms with van der Waals surface area (Å²) in [5.74, 6) is -0.880. The molecule has 0 aliphatic carbocycles. The highest BCUT2D eigenvalue weighted by Gasteiger charge is 2.28. The minimum Gasteiger partial charge on any atom is -0.353 e. The van der Waals surface area contributed by atoms with Gasteiger partial charge < -0.3 is 9.47 Å². The van der Waals surface area contributed by atoms with Gasteiger partial charge in [-0.1, -0.05) is 36.4 Å². The van der Waals surface area contributed by atoms with Gasteiger partial charge in [0.15, 0.2) is 0 Å². The number of aryl methyl sites for hydroxylation is 1. The van der Waals surface area contributed by atoms with Crippen LogP contribution in [-0.2, 0) is 35.0 Å². The average molecular weight is 456 g/mol. The first kappa shape index (κ1) is 23.4.